The minimum atomic E-state index is -0.491. The summed E-state index contributed by atoms with van der Waals surface area (Å²) in [7, 11) is 0. The van der Waals surface area contributed by atoms with Crippen molar-refractivity contribution in [3.05, 3.63) is 29.6 Å². The molecule has 3 rings (SSSR count). The highest BCUT2D eigenvalue weighted by Gasteiger charge is 2.32. The molecule has 1 aromatic rings. The number of amides is 2. The number of carbonyl (C=O) groups excluding carboxylic acids is 1. The van der Waals surface area contributed by atoms with Crippen LogP contribution in [-0.2, 0) is 0 Å². The molecule has 1 aliphatic carbocycles. The third kappa shape index (κ3) is 3.55. The number of halogens is 1. The standard InChI is InChI=1S/C16H19FN4O/c17-12-1-4-15(11(9-12)10-18)20-16(22)19-13-5-7-21(8-6-13)14-2-3-14/h1,4,9,13-14H,2-3,5-8H2,(H2,19,20,22). The number of hydrogen-bond acceptors (Lipinski definition) is 3. The Hall–Kier alpha value is -2.13. The van der Waals surface area contributed by atoms with E-state index >= 15 is 0 Å². The predicted molar refractivity (Wildman–Crippen MR) is 80.9 cm³/mol. The summed E-state index contributed by atoms with van der Waals surface area (Å²) in [6.45, 7) is 2.05. The van der Waals surface area contributed by atoms with Crippen LogP contribution in [0.1, 0.15) is 31.2 Å². The molecule has 0 bridgehead atoms. The molecule has 2 fully saturated rings. The van der Waals surface area contributed by atoms with E-state index in [1.807, 2.05) is 6.07 Å². The quantitative estimate of drug-likeness (QED) is 0.901. The maximum absolute atomic E-state index is 13.1. The van der Waals surface area contributed by atoms with Crippen molar-refractivity contribution < 1.29 is 9.18 Å². The van der Waals surface area contributed by atoms with Gasteiger partial charge in [-0.25, -0.2) is 9.18 Å². The zero-order valence-corrected chi connectivity index (χ0v) is 12.3. The van der Waals surface area contributed by atoms with E-state index < -0.39 is 5.82 Å². The van der Waals surface area contributed by atoms with Crippen LogP contribution in [0.5, 0.6) is 0 Å². The average molecular weight is 302 g/mol. The van der Waals surface area contributed by atoms with E-state index in [9.17, 15) is 9.18 Å². The number of carbonyl (C=O) groups is 1. The Balaban J connectivity index is 1.51. The maximum Gasteiger partial charge on any atom is 0.319 e. The molecule has 1 aromatic carbocycles. The van der Waals surface area contributed by atoms with Crippen LogP contribution in [-0.4, -0.2) is 36.1 Å². The summed E-state index contributed by atoms with van der Waals surface area (Å²) in [6, 6.07) is 6.21. The fourth-order valence-corrected chi connectivity index (χ4v) is 2.91. The molecule has 2 N–H and O–H groups in total. The second-order valence-corrected chi connectivity index (χ2v) is 5.94. The van der Waals surface area contributed by atoms with Crippen molar-refractivity contribution in [1.29, 1.82) is 5.26 Å². The van der Waals surface area contributed by atoms with Crippen LogP contribution in [0.25, 0.3) is 0 Å². The van der Waals surface area contributed by atoms with Crippen LogP contribution in [0, 0.1) is 17.1 Å². The number of rotatable bonds is 3. The third-order valence-electron chi connectivity index (χ3n) is 4.28. The highest BCUT2D eigenvalue weighted by atomic mass is 19.1. The molecule has 1 heterocycles. The summed E-state index contributed by atoms with van der Waals surface area (Å²) >= 11 is 0. The lowest BCUT2D eigenvalue weighted by molar-refractivity contribution is 0.189. The smallest absolute Gasteiger partial charge is 0.319 e. The van der Waals surface area contributed by atoms with E-state index in [1.165, 1.54) is 25.0 Å². The third-order valence-corrected chi connectivity index (χ3v) is 4.28. The van der Waals surface area contributed by atoms with Crippen LogP contribution >= 0.6 is 0 Å². The van der Waals surface area contributed by atoms with Gasteiger partial charge < -0.3 is 15.5 Å². The van der Waals surface area contributed by atoms with Crippen molar-refractivity contribution in [1.82, 2.24) is 10.2 Å². The molecular formula is C16H19FN4O. The summed E-state index contributed by atoms with van der Waals surface area (Å²) in [5.41, 5.74) is 0.454. The number of hydrogen-bond donors (Lipinski definition) is 2. The van der Waals surface area contributed by atoms with Crippen molar-refractivity contribution in [3.8, 4) is 6.07 Å². The minimum absolute atomic E-state index is 0.124. The van der Waals surface area contributed by atoms with Gasteiger partial charge in [0.25, 0.3) is 0 Å². The number of urea groups is 1. The van der Waals surface area contributed by atoms with E-state index in [0.29, 0.717) is 5.69 Å². The Morgan fingerprint density at radius 2 is 2.00 bits per heavy atom. The zero-order chi connectivity index (χ0) is 15.5. The monoisotopic (exact) mass is 302 g/mol. The van der Waals surface area contributed by atoms with Crippen LogP contribution in [0.2, 0.25) is 0 Å². The Labute approximate surface area is 129 Å². The largest absolute Gasteiger partial charge is 0.335 e. The van der Waals surface area contributed by atoms with Crippen molar-refractivity contribution in [2.24, 2.45) is 0 Å². The van der Waals surface area contributed by atoms with Gasteiger partial charge in [-0.3, -0.25) is 0 Å². The van der Waals surface area contributed by atoms with Gasteiger partial charge in [-0.15, -0.1) is 0 Å². The molecule has 1 saturated heterocycles. The fourth-order valence-electron chi connectivity index (χ4n) is 2.91. The lowest BCUT2D eigenvalue weighted by Crippen LogP contribution is -2.46. The number of nitrogens with one attached hydrogen (secondary N) is 2. The first-order chi connectivity index (χ1) is 10.7. The second-order valence-electron chi connectivity index (χ2n) is 5.94. The molecule has 0 aromatic heterocycles. The minimum Gasteiger partial charge on any atom is -0.335 e. The van der Waals surface area contributed by atoms with Gasteiger partial charge in [0.1, 0.15) is 11.9 Å². The highest BCUT2D eigenvalue weighted by Crippen LogP contribution is 2.29. The SMILES string of the molecule is N#Cc1cc(F)ccc1NC(=O)NC1CCN(C2CC2)CC1. The van der Waals surface area contributed by atoms with Gasteiger partial charge >= 0.3 is 6.03 Å². The van der Waals surface area contributed by atoms with Gasteiger partial charge in [-0.1, -0.05) is 0 Å². The normalized spacial score (nSPS) is 19.5. The summed E-state index contributed by atoms with van der Waals surface area (Å²) in [5.74, 6) is -0.491. The highest BCUT2D eigenvalue weighted by molar-refractivity contribution is 5.90. The molecule has 22 heavy (non-hydrogen) atoms. The van der Waals surface area contributed by atoms with Gasteiger partial charge in [0.05, 0.1) is 11.3 Å². The van der Waals surface area contributed by atoms with Crippen LogP contribution in [0.3, 0.4) is 0 Å². The summed E-state index contributed by atoms with van der Waals surface area (Å²) in [4.78, 5) is 14.5. The van der Waals surface area contributed by atoms with E-state index in [0.717, 1.165) is 38.0 Å². The van der Waals surface area contributed by atoms with Gasteiger partial charge in [-0.05, 0) is 43.9 Å². The topological polar surface area (TPSA) is 68.2 Å². The van der Waals surface area contributed by atoms with Crippen LogP contribution in [0.15, 0.2) is 18.2 Å². The predicted octanol–water partition coefficient (Wildman–Crippen LogP) is 2.45. The summed E-state index contributed by atoms with van der Waals surface area (Å²) < 4.78 is 13.1. The van der Waals surface area contributed by atoms with Gasteiger partial charge in [-0.2, -0.15) is 5.26 Å². The molecule has 6 heteroatoms. The molecule has 1 aliphatic heterocycles. The van der Waals surface area contributed by atoms with Gasteiger partial charge in [0.15, 0.2) is 0 Å². The van der Waals surface area contributed by atoms with Crippen LogP contribution < -0.4 is 10.6 Å². The van der Waals surface area contributed by atoms with E-state index in [4.69, 9.17) is 5.26 Å². The van der Waals surface area contributed by atoms with Crippen molar-refractivity contribution >= 4 is 11.7 Å². The zero-order valence-electron chi connectivity index (χ0n) is 12.3. The first kappa shape index (κ1) is 14.8. The summed E-state index contributed by atoms with van der Waals surface area (Å²) in [5, 5.41) is 14.5. The molecule has 0 atom stereocenters. The number of anilines is 1. The van der Waals surface area contributed by atoms with Crippen LogP contribution in [0.4, 0.5) is 14.9 Å². The van der Waals surface area contributed by atoms with E-state index in [-0.39, 0.29) is 17.6 Å². The van der Waals surface area contributed by atoms with Crippen molar-refractivity contribution in [2.45, 2.75) is 37.8 Å². The first-order valence-electron chi connectivity index (χ1n) is 7.67. The summed E-state index contributed by atoms with van der Waals surface area (Å²) in [6.07, 6.45) is 4.50. The first-order valence-corrected chi connectivity index (χ1v) is 7.67. The number of likely N-dealkylation sites (tertiary alicyclic amines) is 1. The number of benzene rings is 1. The number of nitriles is 1. The Morgan fingerprint density at radius 1 is 1.27 bits per heavy atom. The van der Waals surface area contributed by atoms with Gasteiger partial charge in [0.2, 0.25) is 0 Å². The van der Waals surface area contributed by atoms with E-state index in [1.54, 1.807) is 0 Å². The Kier molecular flexibility index (Phi) is 4.25. The molecule has 0 spiro atoms. The maximum atomic E-state index is 13.1. The molecule has 5 nitrogen and oxygen atoms in total. The lowest BCUT2D eigenvalue weighted by Gasteiger charge is -2.32. The molecule has 2 amide bonds. The van der Waals surface area contributed by atoms with Gasteiger partial charge in [0, 0.05) is 25.2 Å². The molecule has 0 unspecified atom stereocenters. The van der Waals surface area contributed by atoms with Crippen molar-refractivity contribution in [3.63, 3.8) is 0 Å². The average Bonchev–Trinajstić information content (AvgIpc) is 3.34. The molecule has 116 valence electrons. The Morgan fingerprint density at radius 3 is 2.64 bits per heavy atom. The second kappa shape index (κ2) is 6.32. The van der Waals surface area contributed by atoms with Crippen molar-refractivity contribution in [2.75, 3.05) is 18.4 Å². The molecular weight excluding hydrogens is 283 g/mol. The lowest BCUT2D eigenvalue weighted by atomic mass is 10.1. The molecule has 0 radical (unpaired) electrons. The van der Waals surface area contributed by atoms with E-state index in [2.05, 4.69) is 15.5 Å². The molecule has 1 saturated carbocycles. The fraction of sp³-hybridized carbons (Fsp3) is 0.500. The molecule has 2 aliphatic rings. The Bertz CT molecular complexity index is 601. The number of nitrogens with zero attached hydrogens (tertiary/aromatic N) is 2. The number of piperidine rings is 1.